The normalized spacial score (nSPS) is 20.9. The zero-order valence-corrected chi connectivity index (χ0v) is 46.2. The van der Waals surface area contributed by atoms with E-state index in [4.69, 9.17) is 17.2 Å². The highest BCUT2D eigenvalue weighted by Gasteiger charge is 2.35. The number of hydrogen-bond donors (Lipinski definition) is 14. The lowest BCUT2D eigenvalue weighted by molar-refractivity contribution is -0.136. The Hall–Kier alpha value is -9.62. The Morgan fingerprint density at radius 1 is 0.663 bits per heavy atom. The summed E-state index contributed by atoms with van der Waals surface area (Å²) in [7, 11) is 0. The Labute approximate surface area is 479 Å². The molecule has 0 unspecified atom stereocenters. The van der Waals surface area contributed by atoms with Crippen LogP contribution in [0.5, 0.6) is 0 Å². The fraction of sp³-hybridized carbons (Fsp3) is 0.404. The molecule has 0 aliphatic carbocycles. The molecule has 1 aliphatic rings. The van der Waals surface area contributed by atoms with Crippen LogP contribution in [0.25, 0.3) is 10.9 Å². The number of benzene rings is 3. The number of fused-ring (bicyclic) bond motifs is 1. The average Bonchev–Trinajstić information content (AvgIpc) is 4.17. The third-order valence-electron chi connectivity index (χ3n) is 13.6. The molecule has 0 spiro atoms. The summed E-state index contributed by atoms with van der Waals surface area (Å²) in [4.78, 5) is 153. The van der Waals surface area contributed by atoms with E-state index in [-0.39, 0.29) is 83.4 Å². The number of imidazole rings is 1. The van der Waals surface area contributed by atoms with Crippen molar-refractivity contribution in [3.63, 3.8) is 0 Å². The van der Waals surface area contributed by atoms with E-state index in [0.717, 1.165) is 10.9 Å². The maximum Gasteiger partial charge on any atom is 0.243 e. The van der Waals surface area contributed by atoms with Crippen LogP contribution in [0, 0.1) is 0 Å². The van der Waals surface area contributed by atoms with Crippen LogP contribution in [0.1, 0.15) is 80.7 Å². The van der Waals surface area contributed by atoms with Crippen molar-refractivity contribution in [1.82, 2.24) is 62.8 Å². The SMILES string of the molecule is CC(=O)N[C@H](Cc1ccccc1)C(=O)N[C@H]1CC(=O)NCCCC[C@@H](C(N)=O)NC(=O)CCCNC(=O)[C@H](Cc2c[nH]c3ccccc23)NC(=O)[C@H](CCCN=C(N)N)NC(=O)[C@@H](Cc2ccccc2)NC(=O)[C@H](Cc2cnc[nH]2)NC1=O. The fourth-order valence-electron chi connectivity index (χ4n) is 9.36. The summed E-state index contributed by atoms with van der Waals surface area (Å²) < 4.78 is 0. The largest absolute Gasteiger partial charge is 0.370 e. The first kappa shape index (κ1) is 62.6. The number of H-pyrrole nitrogens is 2. The topological polar surface area (TPSA) is 414 Å². The van der Waals surface area contributed by atoms with Gasteiger partial charge >= 0.3 is 0 Å². The van der Waals surface area contributed by atoms with Crippen LogP contribution in [0.2, 0.25) is 0 Å². The molecule has 1 fully saturated rings. The minimum atomic E-state index is -1.66. The molecule has 26 heteroatoms. The first-order valence-electron chi connectivity index (χ1n) is 27.5. The number of nitrogens with one attached hydrogen (secondary N) is 11. The van der Waals surface area contributed by atoms with Crippen molar-refractivity contribution >= 4 is 75.9 Å². The first-order valence-corrected chi connectivity index (χ1v) is 27.5. The van der Waals surface area contributed by atoms with Crippen LogP contribution in [-0.2, 0) is 73.6 Å². The monoisotopic (exact) mass is 1140 g/mol. The second-order valence-corrected chi connectivity index (χ2v) is 20.2. The van der Waals surface area contributed by atoms with Crippen molar-refractivity contribution in [3.05, 3.63) is 126 Å². The van der Waals surface area contributed by atoms with Gasteiger partial charge in [-0.05, 0) is 61.3 Å². The fourth-order valence-corrected chi connectivity index (χ4v) is 9.36. The lowest BCUT2D eigenvalue weighted by Gasteiger charge is -2.28. The second kappa shape index (κ2) is 32.0. The van der Waals surface area contributed by atoms with Crippen LogP contribution < -0.4 is 65.1 Å². The molecular formula is C57H74N16O10. The van der Waals surface area contributed by atoms with E-state index in [1.165, 1.54) is 19.4 Å². The Kier molecular flexibility index (Phi) is 24.1. The number of guanidine groups is 1. The molecule has 442 valence electrons. The van der Waals surface area contributed by atoms with Gasteiger partial charge in [-0.25, -0.2) is 4.98 Å². The number of aromatic amines is 2. The van der Waals surface area contributed by atoms with Crippen LogP contribution >= 0.6 is 0 Å². The molecule has 0 bridgehead atoms. The van der Waals surface area contributed by atoms with E-state index >= 15 is 0 Å². The summed E-state index contributed by atoms with van der Waals surface area (Å²) in [6.07, 6.45) is 4.30. The summed E-state index contributed by atoms with van der Waals surface area (Å²) in [6, 6.07) is 15.4. The van der Waals surface area contributed by atoms with Crippen molar-refractivity contribution in [2.24, 2.45) is 22.2 Å². The van der Waals surface area contributed by atoms with Gasteiger partial charge in [0.05, 0.1) is 12.7 Å². The number of aliphatic imine (C=N–C) groups is 1. The molecular weight excluding hydrogens is 1070 g/mol. The van der Waals surface area contributed by atoms with Crippen LogP contribution in [-0.4, -0.2) is 142 Å². The molecule has 0 radical (unpaired) electrons. The van der Waals surface area contributed by atoms with Crippen molar-refractivity contribution in [1.29, 1.82) is 0 Å². The maximum atomic E-state index is 14.8. The number of primary amides is 1. The number of rotatable bonds is 16. The molecule has 3 aromatic carbocycles. The van der Waals surface area contributed by atoms with Gasteiger partial charge < -0.3 is 75.0 Å². The highest BCUT2D eigenvalue weighted by atomic mass is 16.2. The number of hydrogen-bond acceptors (Lipinski definition) is 12. The van der Waals surface area contributed by atoms with Crippen molar-refractivity contribution < 1.29 is 47.9 Å². The van der Waals surface area contributed by atoms with E-state index < -0.39 is 108 Å². The number of aromatic nitrogens is 3. The molecule has 83 heavy (non-hydrogen) atoms. The molecule has 7 atom stereocenters. The minimum absolute atomic E-state index is 0.00890. The zero-order chi connectivity index (χ0) is 59.7. The van der Waals surface area contributed by atoms with Gasteiger partial charge in [0.1, 0.15) is 42.3 Å². The predicted octanol–water partition coefficient (Wildman–Crippen LogP) is -1.30. The molecule has 0 saturated carbocycles. The lowest BCUT2D eigenvalue weighted by Crippen LogP contribution is -2.61. The van der Waals surface area contributed by atoms with E-state index in [9.17, 15) is 47.9 Å². The molecule has 5 aromatic rings. The quantitative estimate of drug-likeness (QED) is 0.0311. The van der Waals surface area contributed by atoms with Gasteiger partial charge in [-0.15, -0.1) is 0 Å². The highest BCUT2D eigenvalue weighted by Crippen LogP contribution is 2.20. The number of nitrogens with two attached hydrogens (primary N) is 3. The molecule has 6 rings (SSSR count). The van der Waals surface area contributed by atoms with Gasteiger partial charge in [0.15, 0.2) is 5.96 Å². The Morgan fingerprint density at radius 2 is 1.29 bits per heavy atom. The number of carbonyl (C=O) groups is 10. The molecule has 10 amide bonds. The third-order valence-corrected chi connectivity index (χ3v) is 13.6. The minimum Gasteiger partial charge on any atom is -0.370 e. The van der Waals surface area contributed by atoms with Crippen LogP contribution in [0.4, 0.5) is 0 Å². The van der Waals surface area contributed by atoms with Gasteiger partial charge in [-0.2, -0.15) is 0 Å². The number of para-hydroxylation sites is 1. The summed E-state index contributed by atoms with van der Waals surface area (Å²) in [5.74, 6) is -7.67. The molecule has 2 aromatic heterocycles. The molecule has 1 aliphatic heterocycles. The van der Waals surface area contributed by atoms with Gasteiger partial charge in [-0.3, -0.25) is 52.9 Å². The Morgan fingerprint density at radius 3 is 1.96 bits per heavy atom. The predicted molar refractivity (Wildman–Crippen MR) is 307 cm³/mol. The smallest absolute Gasteiger partial charge is 0.243 e. The third kappa shape index (κ3) is 20.8. The lowest BCUT2D eigenvalue weighted by atomic mass is 10.0. The van der Waals surface area contributed by atoms with E-state index in [2.05, 4.69) is 67.8 Å². The van der Waals surface area contributed by atoms with Crippen LogP contribution in [0.3, 0.4) is 0 Å². The molecule has 3 heterocycles. The number of carbonyl (C=O) groups excluding carboxylic acids is 10. The number of nitrogens with zero attached hydrogens (tertiary/aromatic N) is 2. The summed E-state index contributed by atoms with van der Waals surface area (Å²) in [5.41, 5.74) is 20.0. The molecule has 26 nitrogen and oxygen atoms in total. The Bertz CT molecular complexity index is 3040. The highest BCUT2D eigenvalue weighted by molar-refractivity contribution is 5.99. The first-order chi connectivity index (χ1) is 39.9. The average molecular weight is 1140 g/mol. The maximum absolute atomic E-state index is 14.8. The molecule has 17 N–H and O–H groups in total. The van der Waals surface area contributed by atoms with Crippen molar-refractivity contribution in [2.75, 3.05) is 19.6 Å². The second-order valence-electron chi connectivity index (χ2n) is 20.2. The van der Waals surface area contributed by atoms with Crippen molar-refractivity contribution in [3.8, 4) is 0 Å². The molecule has 1 saturated heterocycles. The van der Waals surface area contributed by atoms with Gasteiger partial charge in [0, 0.05) is 87.7 Å². The number of amides is 10. The van der Waals surface area contributed by atoms with Gasteiger partial charge in [0.25, 0.3) is 0 Å². The summed E-state index contributed by atoms with van der Waals surface area (Å²) in [6.45, 7) is 1.30. The van der Waals surface area contributed by atoms with Gasteiger partial charge in [-0.1, -0.05) is 78.9 Å². The summed E-state index contributed by atoms with van der Waals surface area (Å²) in [5, 5.41) is 25.2. The van der Waals surface area contributed by atoms with E-state index in [0.29, 0.717) is 35.2 Å². The Balaban J connectivity index is 1.35. The standard InChI is InChI=1S/C57H74N16O10/c1-34(74)67-43(26-35-14-4-2-5-15-35)53(80)73-47-30-49(76)62-23-11-10-20-41(50(58)77)68-48(75)22-13-24-63-51(78)45(28-37-31-65-40-19-9-8-18-39(37)40)71-52(79)42(21-12-25-64-57(59)60)69-54(81)44(27-36-16-6-3-7-17-36)70-55(82)46(72-56(47)83)29-38-32-61-33-66-38/h2-9,14-19,31-33,41-47,65H,10-13,20-30H2,1H3,(H2,58,77)(H,61,66)(H,62,76)(H,63,78)(H,67,74)(H,68,75)(H,69,81)(H,70,82)(H,71,79)(H,72,83)(H,73,80)(H4,59,60,64)/t41-,42-,43+,44+,45-,46-,47-/m0/s1. The zero-order valence-electron chi connectivity index (χ0n) is 46.2. The van der Waals surface area contributed by atoms with Crippen LogP contribution in [0.15, 0.2) is 109 Å². The van der Waals surface area contributed by atoms with Gasteiger partial charge in [0.2, 0.25) is 59.1 Å². The van der Waals surface area contributed by atoms with Crippen molar-refractivity contribution in [2.45, 2.75) is 126 Å². The van der Waals surface area contributed by atoms with E-state index in [1.54, 1.807) is 66.9 Å². The summed E-state index contributed by atoms with van der Waals surface area (Å²) >= 11 is 0. The van der Waals surface area contributed by atoms with E-state index in [1.807, 2.05) is 24.3 Å².